The van der Waals surface area contributed by atoms with Gasteiger partial charge in [0.25, 0.3) is 0 Å². The molecule has 20 heavy (non-hydrogen) atoms. The van der Waals surface area contributed by atoms with Gasteiger partial charge in [0.15, 0.2) is 6.10 Å². The predicted octanol–water partition coefficient (Wildman–Crippen LogP) is 4.46. The summed E-state index contributed by atoms with van der Waals surface area (Å²) in [6.07, 6.45) is -5.86. The molecular weight excluding hydrogens is 335 g/mol. The molecular formula is C14H19BrF3NO. The Kier molecular flexibility index (Phi) is 6.99. The zero-order valence-electron chi connectivity index (χ0n) is 11.5. The largest absolute Gasteiger partial charge is 0.414 e. The van der Waals surface area contributed by atoms with E-state index in [9.17, 15) is 13.2 Å². The molecule has 0 saturated carbocycles. The summed E-state index contributed by atoms with van der Waals surface area (Å²) in [6, 6.07) is 7.16. The maximum Gasteiger partial charge on any atom is 0.414 e. The standard InChI is InChI=1S/C14H19BrF3NO/c1-3-7-19-9-13(20-10(2)14(16,17)18)11-5-4-6-12(15)8-11/h4-6,8,10,13,19H,3,7,9H2,1-2H3. The summed E-state index contributed by atoms with van der Waals surface area (Å²) in [5.74, 6) is 0. The molecule has 0 spiro atoms. The fourth-order valence-electron chi connectivity index (χ4n) is 1.68. The minimum absolute atomic E-state index is 0.352. The van der Waals surface area contributed by atoms with Crippen molar-refractivity contribution in [2.45, 2.75) is 38.7 Å². The highest BCUT2D eigenvalue weighted by atomic mass is 79.9. The van der Waals surface area contributed by atoms with Crippen LogP contribution in [-0.4, -0.2) is 25.4 Å². The minimum atomic E-state index is -4.35. The van der Waals surface area contributed by atoms with Crippen molar-refractivity contribution < 1.29 is 17.9 Å². The van der Waals surface area contributed by atoms with E-state index in [0.29, 0.717) is 6.54 Å². The molecule has 114 valence electrons. The van der Waals surface area contributed by atoms with Crippen LogP contribution in [0.15, 0.2) is 28.7 Å². The van der Waals surface area contributed by atoms with Crippen molar-refractivity contribution in [3.63, 3.8) is 0 Å². The van der Waals surface area contributed by atoms with Crippen LogP contribution in [0.5, 0.6) is 0 Å². The van der Waals surface area contributed by atoms with Crippen LogP contribution in [0.1, 0.15) is 31.9 Å². The summed E-state index contributed by atoms with van der Waals surface area (Å²) in [5, 5.41) is 3.10. The molecule has 0 radical (unpaired) electrons. The maximum absolute atomic E-state index is 12.6. The number of hydrogen-bond donors (Lipinski definition) is 1. The summed E-state index contributed by atoms with van der Waals surface area (Å²) in [5.41, 5.74) is 0.721. The normalized spacial score (nSPS) is 15.1. The quantitative estimate of drug-likeness (QED) is 0.730. The number of halogens is 4. The van der Waals surface area contributed by atoms with Crippen molar-refractivity contribution in [3.05, 3.63) is 34.3 Å². The molecule has 1 aromatic carbocycles. The summed E-state index contributed by atoms with van der Waals surface area (Å²) < 4.78 is 43.9. The molecule has 2 atom stereocenters. The third-order valence-corrected chi connectivity index (χ3v) is 3.30. The summed E-state index contributed by atoms with van der Waals surface area (Å²) in [4.78, 5) is 0. The molecule has 0 heterocycles. The predicted molar refractivity (Wildman–Crippen MR) is 76.6 cm³/mol. The van der Waals surface area contributed by atoms with Gasteiger partial charge in [-0.2, -0.15) is 13.2 Å². The number of hydrogen-bond acceptors (Lipinski definition) is 2. The first kappa shape index (κ1) is 17.5. The Labute approximate surface area is 125 Å². The van der Waals surface area contributed by atoms with E-state index in [-0.39, 0.29) is 0 Å². The van der Waals surface area contributed by atoms with Gasteiger partial charge in [0.05, 0.1) is 6.10 Å². The summed E-state index contributed by atoms with van der Waals surface area (Å²) in [7, 11) is 0. The first-order valence-electron chi connectivity index (χ1n) is 6.53. The average Bonchev–Trinajstić information content (AvgIpc) is 2.36. The zero-order valence-corrected chi connectivity index (χ0v) is 13.1. The van der Waals surface area contributed by atoms with Gasteiger partial charge in [-0.15, -0.1) is 0 Å². The van der Waals surface area contributed by atoms with Crippen molar-refractivity contribution in [3.8, 4) is 0 Å². The van der Waals surface area contributed by atoms with E-state index in [2.05, 4.69) is 21.2 Å². The fourth-order valence-corrected chi connectivity index (χ4v) is 2.10. The first-order valence-corrected chi connectivity index (χ1v) is 7.32. The highest BCUT2D eigenvalue weighted by Gasteiger charge is 2.38. The molecule has 0 aliphatic heterocycles. The van der Waals surface area contributed by atoms with Crippen LogP contribution in [0.2, 0.25) is 0 Å². The highest BCUT2D eigenvalue weighted by molar-refractivity contribution is 9.10. The van der Waals surface area contributed by atoms with E-state index in [1.54, 1.807) is 18.2 Å². The summed E-state index contributed by atoms with van der Waals surface area (Å²) in [6.45, 7) is 4.13. The van der Waals surface area contributed by atoms with Crippen molar-refractivity contribution in [1.29, 1.82) is 0 Å². The smallest absolute Gasteiger partial charge is 0.360 e. The van der Waals surface area contributed by atoms with Crippen molar-refractivity contribution in [1.82, 2.24) is 5.32 Å². The Hall–Kier alpha value is -0.590. The van der Waals surface area contributed by atoms with Crippen LogP contribution in [0.25, 0.3) is 0 Å². The van der Waals surface area contributed by atoms with E-state index < -0.39 is 18.4 Å². The number of nitrogens with one attached hydrogen (secondary N) is 1. The van der Waals surface area contributed by atoms with Crippen LogP contribution >= 0.6 is 15.9 Å². The van der Waals surface area contributed by atoms with Gasteiger partial charge in [-0.25, -0.2) is 0 Å². The SMILES string of the molecule is CCCNCC(OC(C)C(F)(F)F)c1cccc(Br)c1. The molecule has 0 aliphatic carbocycles. The molecule has 1 rings (SSSR count). The molecule has 1 aromatic rings. The Bertz CT molecular complexity index is 412. The Morgan fingerprint density at radius 3 is 2.60 bits per heavy atom. The molecule has 0 amide bonds. The number of rotatable bonds is 7. The van der Waals surface area contributed by atoms with Gasteiger partial charge in [0.2, 0.25) is 0 Å². The molecule has 0 aromatic heterocycles. The molecule has 1 N–H and O–H groups in total. The van der Waals surface area contributed by atoms with E-state index in [1.807, 2.05) is 13.0 Å². The van der Waals surface area contributed by atoms with Crippen molar-refractivity contribution in [2.75, 3.05) is 13.1 Å². The van der Waals surface area contributed by atoms with Gasteiger partial charge in [-0.3, -0.25) is 0 Å². The zero-order chi connectivity index (χ0) is 15.2. The first-order chi connectivity index (χ1) is 9.34. The lowest BCUT2D eigenvalue weighted by Gasteiger charge is -2.25. The van der Waals surface area contributed by atoms with Gasteiger partial charge < -0.3 is 10.1 Å². The molecule has 0 bridgehead atoms. The Morgan fingerprint density at radius 1 is 1.35 bits per heavy atom. The van der Waals surface area contributed by atoms with Crippen LogP contribution in [0, 0.1) is 0 Å². The van der Waals surface area contributed by atoms with Crippen LogP contribution < -0.4 is 5.32 Å². The molecule has 2 nitrogen and oxygen atoms in total. The van der Waals surface area contributed by atoms with Gasteiger partial charge in [-0.1, -0.05) is 35.0 Å². The van der Waals surface area contributed by atoms with Crippen molar-refractivity contribution in [2.24, 2.45) is 0 Å². The second-order valence-corrected chi connectivity index (χ2v) is 5.48. The van der Waals surface area contributed by atoms with E-state index in [0.717, 1.165) is 29.9 Å². The molecule has 0 saturated heterocycles. The lowest BCUT2D eigenvalue weighted by molar-refractivity contribution is -0.227. The maximum atomic E-state index is 12.6. The highest BCUT2D eigenvalue weighted by Crippen LogP contribution is 2.29. The number of benzene rings is 1. The van der Waals surface area contributed by atoms with Gasteiger partial charge in [0, 0.05) is 11.0 Å². The Balaban J connectivity index is 2.79. The van der Waals surface area contributed by atoms with Gasteiger partial charge in [0.1, 0.15) is 0 Å². The lowest BCUT2D eigenvalue weighted by atomic mass is 10.1. The van der Waals surface area contributed by atoms with Gasteiger partial charge in [-0.05, 0) is 37.6 Å². The number of ether oxygens (including phenoxy) is 1. The lowest BCUT2D eigenvalue weighted by Crippen LogP contribution is -2.33. The molecule has 2 unspecified atom stereocenters. The van der Waals surface area contributed by atoms with Crippen molar-refractivity contribution >= 4 is 15.9 Å². The van der Waals surface area contributed by atoms with Crippen LogP contribution in [-0.2, 0) is 4.74 Å². The minimum Gasteiger partial charge on any atom is -0.360 e. The average molecular weight is 354 g/mol. The van der Waals surface area contributed by atoms with E-state index >= 15 is 0 Å². The number of alkyl halides is 3. The van der Waals surface area contributed by atoms with E-state index in [1.165, 1.54) is 0 Å². The monoisotopic (exact) mass is 353 g/mol. The topological polar surface area (TPSA) is 21.3 Å². The summed E-state index contributed by atoms with van der Waals surface area (Å²) >= 11 is 3.32. The second kappa shape index (κ2) is 8.00. The van der Waals surface area contributed by atoms with Gasteiger partial charge >= 0.3 is 6.18 Å². The van der Waals surface area contributed by atoms with E-state index in [4.69, 9.17) is 4.74 Å². The second-order valence-electron chi connectivity index (χ2n) is 4.57. The Morgan fingerprint density at radius 2 is 2.05 bits per heavy atom. The molecule has 0 aliphatic rings. The van der Waals surface area contributed by atoms with Crippen LogP contribution in [0.4, 0.5) is 13.2 Å². The fraction of sp³-hybridized carbons (Fsp3) is 0.571. The third-order valence-electron chi connectivity index (χ3n) is 2.81. The molecule has 6 heteroatoms. The molecule has 0 fully saturated rings. The van der Waals surface area contributed by atoms with Crippen LogP contribution in [0.3, 0.4) is 0 Å². The third kappa shape index (κ3) is 5.81.